The van der Waals surface area contributed by atoms with Gasteiger partial charge >= 0.3 is 6.09 Å². The molecule has 1 aromatic carbocycles. The molecule has 2 atom stereocenters. The molecule has 5 rings (SSSR count). The molecule has 0 spiro atoms. The second-order valence-electron chi connectivity index (χ2n) is 9.69. The van der Waals surface area contributed by atoms with Gasteiger partial charge in [0.05, 0.1) is 30.5 Å². The Morgan fingerprint density at radius 2 is 1.90 bits per heavy atom. The van der Waals surface area contributed by atoms with E-state index in [1.165, 1.54) is 33.1 Å². The van der Waals surface area contributed by atoms with Gasteiger partial charge in [-0.15, -0.1) is 5.10 Å². The summed E-state index contributed by atoms with van der Waals surface area (Å²) < 4.78 is 49.7. The lowest BCUT2D eigenvalue weighted by atomic mass is 10.1. The van der Waals surface area contributed by atoms with Crippen molar-refractivity contribution >= 4 is 29.3 Å². The van der Waals surface area contributed by atoms with Gasteiger partial charge < -0.3 is 19.9 Å². The zero-order valence-corrected chi connectivity index (χ0v) is 22.0. The minimum Gasteiger partial charge on any atom is -0.442 e. The van der Waals surface area contributed by atoms with Crippen LogP contribution in [0.25, 0.3) is 0 Å². The van der Waals surface area contributed by atoms with Crippen LogP contribution in [0.2, 0.25) is 0 Å². The number of aromatic nitrogens is 4. The number of benzene rings is 1. The molecule has 12 nitrogen and oxygen atoms in total. The summed E-state index contributed by atoms with van der Waals surface area (Å²) in [6.07, 6.45) is 2.87. The van der Waals surface area contributed by atoms with Crippen LogP contribution in [0.5, 0.6) is 0 Å². The SMILES string of the molecule is CC(NC(=O)c1cccnc1)C(=O)N1CCN(c2c(F)cc(N3CC(Cn4cc(CF)nn4)OC3=O)cc2F)CC1. The maximum absolute atomic E-state index is 15.2. The van der Waals surface area contributed by atoms with Crippen LogP contribution in [0.1, 0.15) is 23.0 Å². The van der Waals surface area contributed by atoms with Crippen molar-refractivity contribution < 1.29 is 32.3 Å². The van der Waals surface area contributed by atoms with Crippen molar-refractivity contribution in [3.63, 3.8) is 0 Å². The number of pyridine rings is 1. The van der Waals surface area contributed by atoms with Crippen molar-refractivity contribution in [1.29, 1.82) is 0 Å². The second kappa shape index (κ2) is 11.8. The molecular weight excluding hydrogens is 545 g/mol. The third kappa shape index (κ3) is 6.07. The van der Waals surface area contributed by atoms with Crippen LogP contribution < -0.4 is 15.1 Å². The van der Waals surface area contributed by atoms with E-state index < -0.39 is 42.5 Å². The van der Waals surface area contributed by atoms with E-state index >= 15 is 8.78 Å². The molecule has 3 amide bonds. The van der Waals surface area contributed by atoms with E-state index in [0.29, 0.717) is 5.56 Å². The zero-order valence-electron chi connectivity index (χ0n) is 22.0. The highest BCUT2D eigenvalue weighted by Gasteiger charge is 2.35. The van der Waals surface area contributed by atoms with Crippen LogP contribution in [0, 0.1) is 11.6 Å². The normalized spacial score (nSPS) is 17.9. The first-order valence-corrected chi connectivity index (χ1v) is 12.9. The van der Waals surface area contributed by atoms with Crippen molar-refractivity contribution in [2.75, 3.05) is 42.5 Å². The van der Waals surface area contributed by atoms with Gasteiger partial charge in [0.1, 0.15) is 30.2 Å². The highest BCUT2D eigenvalue weighted by Crippen LogP contribution is 2.32. The number of amides is 3. The summed E-state index contributed by atoms with van der Waals surface area (Å²) >= 11 is 0. The number of carbonyl (C=O) groups is 3. The first kappa shape index (κ1) is 27.9. The van der Waals surface area contributed by atoms with Crippen LogP contribution in [0.15, 0.2) is 42.9 Å². The van der Waals surface area contributed by atoms with Crippen LogP contribution >= 0.6 is 0 Å². The Bertz CT molecular complexity index is 1410. The average Bonchev–Trinajstić information content (AvgIpc) is 3.58. The van der Waals surface area contributed by atoms with E-state index in [-0.39, 0.29) is 62.2 Å². The third-order valence-corrected chi connectivity index (χ3v) is 6.85. The van der Waals surface area contributed by atoms with Crippen molar-refractivity contribution in [3.05, 3.63) is 65.7 Å². The van der Waals surface area contributed by atoms with Gasteiger partial charge in [0, 0.05) is 50.7 Å². The number of piperazine rings is 1. The molecule has 2 saturated heterocycles. The topological polar surface area (TPSA) is 126 Å². The van der Waals surface area contributed by atoms with E-state index in [4.69, 9.17) is 4.74 Å². The molecule has 0 bridgehead atoms. The molecule has 1 N–H and O–H groups in total. The average molecular weight is 573 g/mol. The lowest BCUT2D eigenvalue weighted by molar-refractivity contribution is -0.133. The van der Waals surface area contributed by atoms with Crippen molar-refractivity contribution in [2.45, 2.75) is 32.3 Å². The molecule has 3 aromatic rings. The number of hydrogen-bond acceptors (Lipinski definition) is 8. The van der Waals surface area contributed by atoms with Gasteiger partial charge in [-0.3, -0.25) is 19.5 Å². The number of hydrogen-bond donors (Lipinski definition) is 1. The summed E-state index contributed by atoms with van der Waals surface area (Å²) in [6.45, 7) is 1.62. The molecule has 2 aliphatic heterocycles. The number of halogens is 3. The minimum absolute atomic E-state index is 0.00807. The first-order chi connectivity index (χ1) is 19.7. The van der Waals surface area contributed by atoms with Crippen LogP contribution in [0.3, 0.4) is 0 Å². The lowest BCUT2D eigenvalue weighted by Gasteiger charge is -2.37. The number of carbonyl (C=O) groups excluding carboxylic acids is 3. The number of ether oxygens (including phenoxy) is 1. The smallest absolute Gasteiger partial charge is 0.414 e. The third-order valence-electron chi connectivity index (χ3n) is 6.85. The fraction of sp³-hybridized carbons (Fsp3) is 0.385. The maximum atomic E-state index is 15.2. The van der Waals surface area contributed by atoms with Gasteiger partial charge in [-0.25, -0.2) is 22.6 Å². The minimum atomic E-state index is -0.864. The summed E-state index contributed by atoms with van der Waals surface area (Å²) in [5, 5.41) is 10.0. The molecule has 4 heterocycles. The van der Waals surface area contributed by atoms with Crippen molar-refractivity contribution in [3.8, 4) is 0 Å². The predicted octanol–water partition coefficient (Wildman–Crippen LogP) is 1.91. The molecule has 2 unspecified atom stereocenters. The highest BCUT2D eigenvalue weighted by molar-refractivity contribution is 5.97. The van der Waals surface area contributed by atoms with Gasteiger partial charge in [-0.1, -0.05) is 5.21 Å². The summed E-state index contributed by atoms with van der Waals surface area (Å²) in [6, 6.07) is 4.52. The summed E-state index contributed by atoms with van der Waals surface area (Å²) in [7, 11) is 0. The van der Waals surface area contributed by atoms with Crippen LogP contribution in [-0.4, -0.2) is 87.7 Å². The molecule has 0 saturated carbocycles. The Kier molecular flexibility index (Phi) is 8.03. The maximum Gasteiger partial charge on any atom is 0.414 e. The quantitative estimate of drug-likeness (QED) is 0.434. The Morgan fingerprint density at radius 1 is 1.17 bits per heavy atom. The van der Waals surface area contributed by atoms with Crippen molar-refractivity contribution in [1.82, 2.24) is 30.2 Å². The highest BCUT2D eigenvalue weighted by atomic mass is 19.1. The molecule has 0 radical (unpaired) electrons. The lowest BCUT2D eigenvalue weighted by Crippen LogP contribution is -2.54. The molecule has 41 heavy (non-hydrogen) atoms. The number of nitrogens with one attached hydrogen (secondary N) is 1. The number of anilines is 2. The van der Waals surface area contributed by atoms with E-state index in [0.717, 1.165) is 17.0 Å². The molecule has 0 aliphatic carbocycles. The molecule has 2 aliphatic rings. The van der Waals surface area contributed by atoms with Crippen LogP contribution in [-0.2, 0) is 22.8 Å². The standard InChI is InChI=1S/C26H27F3N8O4/c1-16(31-24(38)17-3-2-4-30-12-17)25(39)35-7-5-34(6-8-35)23-21(28)9-19(10-22(23)29)37-15-20(41-26(37)40)14-36-13-18(11-27)32-33-36/h2-4,9-10,12-13,16,20H,5-8,11,14-15H2,1H3,(H,31,38). The molecule has 15 heteroatoms. The van der Waals surface area contributed by atoms with E-state index in [9.17, 15) is 18.8 Å². The van der Waals surface area contributed by atoms with E-state index in [1.54, 1.807) is 19.1 Å². The zero-order chi connectivity index (χ0) is 29.1. The van der Waals surface area contributed by atoms with Gasteiger partial charge in [0.25, 0.3) is 5.91 Å². The van der Waals surface area contributed by atoms with Gasteiger partial charge in [0.2, 0.25) is 5.91 Å². The number of nitrogens with zero attached hydrogens (tertiary/aromatic N) is 7. The Hall–Kier alpha value is -4.69. The predicted molar refractivity (Wildman–Crippen MR) is 139 cm³/mol. The number of alkyl halides is 1. The van der Waals surface area contributed by atoms with Crippen LogP contribution in [0.4, 0.5) is 29.3 Å². The summed E-state index contributed by atoms with van der Waals surface area (Å²) in [5.41, 5.74) is 0.195. The number of cyclic esters (lactones) is 1. The Balaban J connectivity index is 1.18. The fourth-order valence-electron chi connectivity index (χ4n) is 4.80. The fourth-order valence-corrected chi connectivity index (χ4v) is 4.80. The molecule has 2 aromatic heterocycles. The second-order valence-corrected chi connectivity index (χ2v) is 9.69. The summed E-state index contributed by atoms with van der Waals surface area (Å²) in [4.78, 5) is 45.7. The van der Waals surface area contributed by atoms with Gasteiger partial charge in [-0.2, -0.15) is 0 Å². The van der Waals surface area contributed by atoms with E-state index in [2.05, 4.69) is 20.6 Å². The largest absolute Gasteiger partial charge is 0.442 e. The summed E-state index contributed by atoms with van der Waals surface area (Å²) in [5.74, 6) is -2.47. The van der Waals surface area contributed by atoms with E-state index in [1.807, 2.05) is 0 Å². The Labute approximate surface area is 232 Å². The van der Waals surface area contributed by atoms with Gasteiger partial charge in [0.15, 0.2) is 11.6 Å². The molecule has 216 valence electrons. The molecular formula is C26H27F3N8O4. The van der Waals surface area contributed by atoms with Gasteiger partial charge in [-0.05, 0) is 19.1 Å². The van der Waals surface area contributed by atoms with Crippen molar-refractivity contribution in [2.24, 2.45) is 0 Å². The molecule has 2 fully saturated rings. The monoisotopic (exact) mass is 572 g/mol. The number of rotatable bonds is 8. The first-order valence-electron chi connectivity index (χ1n) is 12.9. The Morgan fingerprint density at radius 3 is 2.54 bits per heavy atom.